The number of alkyl halides is 1. The van der Waals surface area contributed by atoms with Crippen molar-refractivity contribution in [1.82, 2.24) is 4.90 Å². The maximum atomic E-state index is 12.1. The molecule has 1 fully saturated rings. The molecule has 0 atom stereocenters. The summed E-state index contributed by atoms with van der Waals surface area (Å²) in [6.07, 6.45) is 2.81. The third kappa shape index (κ3) is 4.11. The highest BCUT2D eigenvalue weighted by molar-refractivity contribution is 9.09. The van der Waals surface area contributed by atoms with E-state index in [-0.39, 0.29) is 5.92 Å². The number of halogens is 1. The van der Waals surface area contributed by atoms with Gasteiger partial charge in [-0.25, -0.2) is 0 Å². The van der Waals surface area contributed by atoms with Crippen LogP contribution in [0.1, 0.15) is 26.2 Å². The molecule has 1 aliphatic heterocycles. The van der Waals surface area contributed by atoms with Crippen molar-refractivity contribution in [2.24, 2.45) is 5.92 Å². The van der Waals surface area contributed by atoms with Crippen LogP contribution < -0.4 is 0 Å². The second-order valence-electron chi connectivity index (χ2n) is 3.90. The van der Waals surface area contributed by atoms with Gasteiger partial charge in [0.1, 0.15) is 0 Å². The first-order valence-electron chi connectivity index (χ1n) is 5.72. The third-order valence-electron chi connectivity index (χ3n) is 2.73. The van der Waals surface area contributed by atoms with Gasteiger partial charge in [-0.05, 0) is 19.3 Å². The van der Waals surface area contributed by atoms with Gasteiger partial charge < -0.3 is 9.64 Å². The summed E-state index contributed by atoms with van der Waals surface area (Å²) in [5.41, 5.74) is 0. The first kappa shape index (κ1) is 13.0. The molecule has 0 aromatic carbocycles. The van der Waals surface area contributed by atoms with E-state index in [1.807, 2.05) is 4.90 Å². The summed E-state index contributed by atoms with van der Waals surface area (Å²) in [7, 11) is 0. The number of hydrogen-bond acceptors (Lipinski definition) is 2. The highest BCUT2D eigenvalue weighted by Crippen LogP contribution is 2.17. The maximum absolute atomic E-state index is 12.1. The normalized spacial score (nSPS) is 17.7. The van der Waals surface area contributed by atoms with Crippen LogP contribution in [0.2, 0.25) is 0 Å². The Balaban J connectivity index is 2.45. The topological polar surface area (TPSA) is 29.5 Å². The van der Waals surface area contributed by atoms with Crippen molar-refractivity contribution in [1.29, 1.82) is 0 Å². The minimum Gasteiger partial charge on any atom is -0.381 e. The van der Waals surface area contributed by atoms with E-state index in [1.54, 1.807) is 0 Å². The second-order valence-corrected chi connectivity index (χ2v) is 4.69. The van der Waals surface area contributed by atoms with Crippen LogP contribution in [0.3, 0.4) is 0 Å². The van der Waals surface area contributed by atoms with Gasteiger partial charge >= 0.3 is 0 Å². The Labute approximate surface area is 100 Å². The molecule has 0 unspecified atom stereocenters. The van der Waals surface area contributed by atoms with Crippen LogP contribution in [0.15, 0.2) is 0 Å². The first-order valence-corrected chi connectivity index (χ1v) is 6.84. The van der Waals surface area contributed by atoms with Crippen molar-refractivity contribution >= 4 is 21.8 Å². The van der Waals surface area contributed by atoms with Gasteiger partial charge in [0.25, 0.3) is 0 Å². The summed E-state index contributed by atoms with van der Waals surface area (Å²) in [5.74, 6) is 0.518. The molecule has 0 bridgehead atoms. The van der Waals surface area contributed by atoms with Gasteiger partial charge in [0.2, 0.25) is 5.91 Å². The van der Waals surface area contributed by atoms with Gasteiger partial charge in [-0.2, -0.15) is 0 Å². The number of nitrogens with zero attached hydrogens (tertiary/aromatic N) is 1. The molecule has 1 aliphatic rings. The average Bonchev–Trinajstić information content (AvgIpc) is 2.29. The summed E-state index contributed by atoms with van der Waals surface area (Å²) < 4.78 is 5.27. The fourth-order valence-corrected chi connectivity index (χ4v) is 2.33. The van der Waals surface area contributed by atoms with Crippen molar-refractivity contribution < 1.29 is 9.53 Å². The fourth-order valence-electron chi connectivity index (χ4n) is 1.91. The number of carbonyl (C=O) groups is 1. The molecule has 1 rings (SSSR count). The summed E-state index contributed by atoms with van der Waals surface area (Å²) >= 11 is 3.39. The van der Waals surface area contributed by atoms with E-state index in [1.165, 1.54) is 0 Å². The summed E-state index contributed by atoms with van der Waals surface area (Å²) in [6, 6.07) is 0. The lowest BCUT2D eigenvalue weighted by Crippen LogP contribution is -2.40. The Morgan fingerprint density at radius 1 is 1.40 bits per heavy atom. The van der Waals surface area contributed by atoms with Gasteiger partial charge in [-0.15, -0.1) is 0 Å². The molecule has 0 N–H and O–H groups in total. The van der Waals surface area contributed by atoms with Crippen LogP contribution in [0.5, 0.6) is 0 Å². The van der Waals surface area contributed by atoms with Crippen LogP contribution in [-0.2, 0) is 9.53 Å². The van der Waals surface area contributed by atoms with Gasteiger partial charge in [-0.1, -0.05) is 22.9 Å². The second kappa shape index (κ2) is 7.23. The van der Waals surface area contributed by atoms with Gasteiger partial charge in [0, 0.05) is 37.6 Å². The summed E-state index contributed by atoms with van der Waals surface area (Å²) in [5, 5.41) is 0.863. The van der Waals surface area contributed by atoms with Gasteiger partial charge in [0.05, 0.1) is 0 Å². The molecular weight excluding hydrogens is 258 g/mol. The Kier molecular flexibility index (Phi) is 6.25. The highest BCUT2D eigenvalue weighted by Gasteiger charge is 2.25. The number of rotatable bonds is 5. The average molecular weight is 278 g/mol. The predicted molar refractivity (Wildman–Crippen MR) is 64.2 cm³/mol. The van der Waals surface area contributed by atoms with Crippen molar-refractivity contribution in [2.75, 3.05) is 31.6 Å². The lowest BCUT2D eigenvalue weighted by Gasteiger charge is -2.28. The molecule has 0 radical (unpaired) electrons. The lowest BCUT2D eigenvalue weighted by atomic mass is 9.98. The monoisotopic (exact) mass is 277 g/mol. The molecule has 4 heteroatoms. The minimum absolute atomic E-state index is 0.198. The van der Waals surface area contributed by atoms with Gasteiger partial charge in [-0.3, -0.25) is 4.79 Å². The molecule has 15 heavy (non-hydrogen) atoms. The van der Waals surface area contributed by atoms with Crippen LogP contribution in [0.25, 0.3) is 0 Å². The zero-order chi connectivity index (χ0) is 11.1. The molecule has 3 nitrogen and oxygen atoms in total. The molecule has 1 saturated heterocycles. The molecule has 0 saturated carbocycles. The van der Waals surface area contributed by atoms with Crippen LogP contribution in [-0.4, -0.2) is 42.4 Å². The molecule has 0 aliphatic carbocycles. The third-order valence-corrected chi connectivity index (χ3v) is 3.08. The lowest BCUT2D eigenvalue weighted by molar-refractivity contribution is -0.138. The van der Waals surface area contributed by atoms with Crippen LogP contribution >= 0.6 is 15.9 Å². The number of amides is 1. The smallest absolute Gasteiger partial charge is 0.225 e. The standard InChI is InChI=1S/C11H20BrNO2/c1-2-6-13(7-5-12)11(14)10-3-8-15-9-4-10/h10H,2-9H2,1H3. The first-order chi connectivity index (χ1) is 7.29. The van der Waals surface area contributed by atoms with E-state index in [0.29, 0.717) is 5.91 Å². The zero-order valence-corrected chi connectivity index (χ0v) is 11.0. The summed E-state index contributed by atoms with van der Waals surface area (Å²) in [4.78, 5) is 14.1. The molecule has 0 spiro atoms. The van der Waals surface area contributed by atoms with E-state index in [2.05, 4.69) is 22.9 Å². The quantitative estimate of drug-likeness (QED) is 0.720. The Morgan fingerprint density at radius 2 is 2.07 bits per heavy atom. The summed E-state index contributed by atoms with van der Waals surface area (Å²) in [6.45, 7) is 5.29. The molecule has 88 valence electrons. The van der Waals surface area contributed by atoms with E-state index >= 15 is 0 Å². The zero-order valence-electron chi connectivity index (χ0n) is 9.38. The minimum atomic E-state index is 0.198. The van der Waals surface area contributed by atoms with Crippen LogP contribution in [0, 0.1) is 5.92 Å². The SMILES string of the molecule is CCCN(CCBr)C(=O)C1CCOCC1. The number of hydrogen-bond donors (Lipinski definition) is 0. The fraction of sp³-hybridized carbons (Fsp3) is 0.909. The van der Waals surface area contributed by atoms with E-state index < -0.39 is 0 Å². The molecule has 0 aromatic rings. The molecular formula is C11H20BrNO2. The Morgan fingerprint density at radius 3 is 2.60 bits per heavy atom. The number of ether oxygens (including phenoxy) is 1. The Hall–Kier alpha value is -0.0900. The highest BCUT2D eigenvalue weighted by atomic mass is 79.9. The van der Waals surface area contributed by atoms with Crippen molar-refractivity contribution in [2.45, 2.75) is 26.2 Å². The predicted octanol–water partition coefficient (Wildman–Crippen LogP) is 2.05. The molecule has 0 aromatic heterocycles. The number of carbonyl (C=O) groups excluding carboxylic acids is 1. The van der Waals surface area contributed by atoms with E-state index in [9.17, 15) is 4.79 Å². The van der Waals surface area contributed by atoms with Crippen molar-refractivity contribution in [3.05, 3.63) is 0 Å². The molecule has 1 heterocycles. The largest absolute Gasteiger partial charge is 0.381 e. The van der Waals surface area contributed by atoms with Gasteiger partial charge in [0.15, 0.2) is 0 Å². The van der Waals surface area contributed by atoms with E-state index in [0.717, 1.165) is 50.9 Å². The van der Waals surface area contributed by atoms with Crippen molar-refractivity contribution in [3.8, 4) is 0 Å². The van der Waals surface area contributed by atoms with Crippen LogP contribution in [0.4, 0.5) is 0 Å². The Bertz CT molecular complexity index is 187. The molecule has 1 amide bonds. The maximum Gasteiger partial charge on any atom is 0.225 e. The van der Waals surface area contributed by atoms with E-state index in [4.69, 9.17) is 4.74 Å². The van der Waals surface area contributed by atoms with Crippen molar-refractivity contribution in [3.63, 3.8) is 0 Å².